The van der Waals surface area contributed by atoms with Crippen LogP contribution in [-0.4, -0.2) is 28.8 Å². The molecule has 0 amide bonds. The van der Waals surface area contributed by atoms with Crippen LogP contribution in [0.2, 0.25) is 0 Å². The Labute approximate surface area is 75.6 Å². The van der Waals surface area contributed by atoms with Gasteiger partial charge < -0.3 is 5.11 Å². The number of aliphatic hydroxyl groups is 1. The molecule has 0 saturated heterocycles. The molecule has 0 aromatic heterocycles. The van der Waals surface area contributed by atoms with Gasteiger partial charge in [-0.2, -0.15) is 0 Å². The molecule has 0 bridgehead atoms. The Bertz CT molecular complexity index is 134. The average molecular weight is 171 g/mol. The highest BCUT2D eigenvalue weighted by molar-refractivity contribution is 4.92. The Balaban J connectivity index is 2.38. The summed E-state index contributed by atoms with van der Waals surface area (Å²) in [5.74, 6) is 0.803. The molecule has 0 aliphatic heterocycles. The van der Waals surface area contributed by atoms with Crippen molar-refractivity contribution in [2.45, 2.75) is 52.3 Å². The summed E-state index contributed by atoms with van der Waals surface area (Å²) in [6.45, 7) is 7.52. The molecule has 2 nitrogen and oxygen atoms in total. The van der Waals surface area contributed by atoms with Gasteiger partial charge in [-0.05, 0) is 25.2 Å². The van der Waals surface area contributed by atoms with Crippen molar-refractivity contribution in [2.75, 3.05) is 6.54 Å². The van der Waals surface area contributed by atoms with E-state index in [1.165, 1.54) is 6.42 Å². The molecule has 1 rings (SSSR count). The van der Waals surface area contributed by atoms with Crippen molar-refractivity contribution in [3.63, 3.8) is 0 Å². The van der Waals surface area contributed by atoms with Crippen LogP contribution in [0, 0.1) is 5.92 Å². The molecule has 12 heavy (non-hydrogen) atoms. The molecule has 0 heterocycles. The molecule has 3 atom stereocenters. The van der Waals surface area contributed by atoms with E-state index < -0.39 is 0 Å². The second kappa shape index (κ2) is 4.24. The number of hydrogen-bond acceptors (Lipinski definition) is 2. The lowest BCUT2D eigenvalue weighted by Crippen LogP contribution is -2.37. The van der Waals surface area contributed by atoms with Crippen molar-refractivity contribution >= 4 is 0 Å². The Morgan fingerprint density at radius 2 is 2.08 bits per heavy atom. The molecule has 2 heteroatoms. The van der Waals surface area contributed by atoms with Crippen LogP contribution in [-0.2, 0) is 0 Å². The zero-order valence-corrected chi connectivity index (χ0v) is 8.45. The highest BCUT2D eigenvalue weighted by Gasteiger charge is 2.39. The molecule has 0 spiro atoms. The van der Waals surface area contributed by atoms with E-state index >= 15 is 0 Å². The molecule has 1 fully saturated rings. The molecule has 1 aliphatic rings. The second-order valence-corrected chi connectivity index (χ2v) is 3.91. The Morgan fingerprint density at radius 3 is 2.42 bits per heavy atom. The monoisotopic (exact) mass is 171 g/mol. The van der Waals surface area contributed by atoms with Crippen molar-refractivity contribution in [3.8, 4) is 0 Å². The molecule has 3 unspecified atom stereocenters. The van der Waals surface area contributed by atoms with Crippen molar-refractivity contribution in [1.82, 2.24) is 4.90 Å². The van der Waals surface area contributed by atoms with Crippen LogP contribution in [0.25, 0.3) is 0 Å². The quantitative estimate of drug-likeness (QED) is 0.638. The topological polar surface area (TPSA) is 23.5 Å². The second-order valence-electron chi connectivity index (χ2n) is 3.91. The first kappa shape index (κ1) is 10.0. The maximum atomic E-state index is 9.70. The van der Waals surface area contributed by atoms with E-state index in [1.54, 1.807) is 0 Å². The van der Waals surface area contributed by atoms with Gasteiger partial charge in [0.2, 0.25) is 0 Å². The fourth-order valence-electron chi connectivity index (χ4n) is 1.79. The lowest BCUT2D eigenvalue weighted by molar-refractivity contribution is -0.00744. The SMILES string of the molecule is CCCN(C(O)CC)C1CC1C. The molecule has 72 valence electrons. The lowest BCUT2D eigenvalue weighted by atomic mass is 10.3. The summed E-state index contributed by atoms with van der Waals surface area (Å²) in [5, 5.41) is 9.70. The minimum Gasteiger partial charge on any atom is -0.378 e. The third-order valence-electron chi connectivity index (χ3n) is 2.72. The van der Waals surface area contributed by atoms with Crippen molar-refractivity contribution < 1.29 is 5.11 Å². The fraction of sp³-hybridized carbons (Fsp3) is 1.00. The van der Waals surface area contributed by atoms with Crippen molar-refractivity contribution in [1.29, 1.82) is 0 Å². The van der Waals surface area contributed by atoms with Crippen LogP contribution in [0.15, 0.2) is 0 Å². The summed E-state index contributed by atoms with van der Waals surface area (Å²) in [6, 6.07) is 0.667. The van der Waals surface area contributed by atoms with Gasteiger partial charge in [-0.25, -0.2) is 0 Å². The number of nitrogens with zero attached hydrogens (tertiary/aromatic N) is 1. The minimum atomic E-state index is -0.208. The maximum Gasteiger partial charge on any atom is 0.107 e. The van der Waals surface area contributed by atoms with E-state index in [2.05, 4.69) is 18.7 Å². The summed E-state index contributed by atoms with van der Waals surface area (Å²) in [7, 11) is 0. The lowest BCUT2D eigenvalue weighted by Gasteiger charge is -2.26. The van der Waals surface area contributed by atoms with Gasteiger partial charge in [0.1, 0.15) is 6.23 Å². The first-order valence-corrected chi connectivity index (χ1v) is 5.14. The third kappa shape index (κ3) is 2.20. The average Bonchev–Trinajstić information content (AvgIpc) is 2.77. The Kier molecular flexibility index (Phi) is 3.53. The van der Waals surface area contributed by atoms with E-state index in [1.807, 2.05) is 6.92 Å². The van der Waals surface area contributed by atoms with Gasteiger partial charge in [0, 0.05) is 12.6 Å². The highest BCUT2D eigenvalue weighted by Crippen LogP contribution is 2.36. The molecule has 0 aromatic rings. The van der Waals surface area contributed by atoms with Gasteiger partial charge in [-0.15, -0.1) is 0 Å². The van der Waals surface area contributed by atoms with Crippen LogP contribution in [0.3, 0.4) is 0 Å². The molecular weight excluding hydrogens is 150 g/mol. The van der Waals surface area contributed by atoms with Crippen LogP contribution in [0.5, 0.6) is 0 Å². The van der Waals surface area contributed by atoms with Gasteiger partial charge >= 0.3 is 0 Å². The minimum absolute atomic E-state index is 0.208. The number of aliphatic hydroxyl groups excluding tert-OH is 1. The van der Waals surface area contributed by atoms with Gasteiger partial charge in [0.25, 0.3) is 0 Å². The summed E-state index contributed by atoms with van der Waals surface area (Å²) in [5.41, 5.74) is 0. The summed E-state index contributed by atoms with van der Waals surface area (Å²) < 4.78 is 0. The van der Waals surface area contributed by atoms with Crippen LogP contribution >= 0.6 is 0 Å². The molecule has 0 radical (unpaired) electrons. The number of hydrogen-bond donors (Lipinski definition) is 1. The van der Waals surface area contributed by atoms with Gasteiger partial charge in [0.05, 0.1) is 0 Å². The zero-order valence-electron chi connectivity index (χ0n) is 8.45. The molecule has 1 saturated carbocycles. The smallest absolute Gasteiger partial charge is 0.107 e. The standard InChI is InChI=1S/C10H21NO/c1-4-6-11(10(12)5-2)9-7-8(9)3/h8-10,12H,4-7H2,1-3H3. The van der Waals surface area contributed by atoms with Gasteiger partial charge in [-0.1, -0.05) is 20.8 Å². The Morgan fingerprint density at radius 1 is 1.50 bits per heavy atom. The largest absolute Gasteiger partial charge is 0.378 e. The third-order valence-corrected chi connectivity index (χ3v) is 2.72. The van der Waals surface area contributed by atoms with Crippen LogP contribution < -0.4 is 0 Å². The van der Waals surface area contributed by atoms with E-state index in [0.717, 1.165) is 25.3 Å². The van der Waals surface area contributed by atoms with E-state index in [0.29, 0.717) is 6.04 Å². The summed E-state index contributed by atoms with van der Waals surface area (Å²) >= 11 is 0. The first-order chi connectivity index (χ1) is 5.70. The van der Waals surface area contributed by atoms with Crippen molar-refractivity contribution in [3.05, 3.63) is 0 Å². The fourth-order valence-corrected chi connectivity index (χ4v) is 1.79. The Hall–Kier alpha value is -0.0800. The van der Waals surface area contributed by atoms with Gasteiger partial charge in [-0.3, -0.25) is 4.90 Å². The van der Waals surface area contributed by atoms with Crippen LogP contribution in [0.1, 0.15) is 40.0 Å². The van der Waals surface area contributed by atoms with E-state index in [4.69, 9.17) is 0 Å². The summed E-state index contributed by atoms with van der Waals surface area (Å²) in [6.07, 6.45) is 3.06. The summed E-state index contributed by atoms with van der Waals surface area (Å²) in [4.78, 5) is 2.25. The molecule has 0 aromatic carbocycles. The molecular formula is C10H21NO. The van der Waals surface area contributed by atoms with Gasteiger partial charge in [0.15, 0.2) is 0 Å². The predicted octanol–water partition coefficient (Wildman–Crippen LogP) is 1.84. The normalized spacial score (nSPS) is 30.8. The molecule has 1 N–H and O–H groups in total. The van der Waals surface area contributed by atoms with Crippen LogP contribution in [0.4, 0.5) is 0 Å². The van der Waals surface area contributed by atoms with E-state index in [-0.39, 0.29) is 6.23 Å². The molecule has 1 aliphatic carbocycles. The predicted molar refractivity (Wildman–Crippen MR) is 50.9 cm³/mol. The van der Waals surface area contributed by atoms with Crippen molar-refractivity contribution in [2.24, 2.45) is 5.92 Å². The maximum absolute atomic E-state index is 9.70. The highest BCUT2D eigenvalue weighted by atomic mass is 16.3. The first-order valence-electron chi connectivity index (χ1n) is 5.14. The zero-order chi connectivity index (χ0) is 9.14. The number of rotatable bonds is 5. The van der Waals surface area contributed by atoms with E-state index in [9.17, 15) is 5.11 Å².